The molecule has 3 N–H and O–H groups in total. The highest BCUT2D eigenvalue weighted by Gasteiger charge is 2.08. The van der Waals surface area contributed by atoms with E-state index in [1.807, 2.05) is 24.3 Å². The lowest BCUT2D eigenvalue weighted by atomic mass is 10.1. The van der Waals surface area contributed by atoms with Crippen LogP contribution in [0.25, 0.3) is 0 Å². The molecule has 2 rings (SSSR count). The van der Waals surface area contributed by atoms with E-state index in [0.717, 1.165) is 11.1 Å². The SMILES string of the molecule is O=C(NCc1ccccc1C#CCCO)c1cn[nH]n1. The Hall–Kier alpha value is -2.65. The van der Waals surface area contributed by atoms with Crippen LogP contribution in [0.15, 0.2) is 30.5 Å². The van der Waals surface area contributed by atoms with Gasteiger partial charge in [-0.05, 0) is 11.6 Å². The summed E-state index contributed by atoms with van der Waals surface area (Å²) in [5, 5.41) is 21.2. The molecule has 2 aromatic rings. The van der Waals surface area contributed by atoms with E-state index >= 15 is 0 Å². The van der Waals surface area contributed by atoms with Crippen LogP contribution in [0.5, 0.6) is 0 Å². The van der Waals surface area contributed by atoms with E-state index in [0.29, 0.717) is 13.0 Å². The highest BCUT2D eigenvalue weighted by molar-refractivity contribution is 5.91. The zero-order chi connectivity index (χ0) is 14.2. The van der Waals surface area contributed by atoms with Crippen LogP contribution in [0.4, 0.5) is 0 Å². The van der Waals surface area contributed by atoms with Gasteiger partial charge in [0, 0.05) is 18.5 Å². The maximum absolute atomic E-state index is 11.7. The van der Waals surface area contributed by atoms with Crippen molar-refractivity contribution in [3.63, 3.8) is 0 Å². The number of aromatic amines is 1. The Morgan fingerprint density at radius 3 is 3.00 bits per heavy atom. The van der Waals surface area contributed by atoms with Crippen molar-refractivity contribution in [3.05, 3.63) is 47.3 Å². The highest BCUT2D eigenvalue weighted by atomic mass is 16.2. The largest absolute Gasteiger partial charge is 0.395 e. The number of nitrogens with zero attached hydrogens (tertiary/aromatic N) is 2. The van der Waals surface area contributed by atoms with Gasteiger partial charge in [0.15, 0.2) is 5.69 Å². The molecule has 0 unspecified atom stereocenters. The third-order valence-corrected chi connectivity index (χ3v) is 2.56. The molecule has 1 amide bonds. The first-order valence-corrected chi connectivity index (χ1v) is 6.13. The third-order valence-electron chi connectivity index (χ3n) is 2.56. The molecule has 20 heavy (non-hydrogen) atoms. The van der Waals surface area contributed by atoms with E-state index in [1.165, 1.54) is 6.20 Å². The minimum absolute atomic E-state index is 0.0397. The van der Waals surface area contributed by atoms with Crippen molar-refractivity contribution in [3.8, 4) is 11.8 Å². The number of hydrogen-bond acceptors (Lipinski definition) is 4. The van der Waals surface area contributed by atoms with E-state index < -0.39 is 0 Å². The van der Waals surface area contributed by atoms with E-state index in [4.69, 9.17) is 5.11 Å². The molecular weight excluding hydrogens is 256 g/mol. The predicted molar refractivity (Wildman–Crippen MR) is 72.6 cm³/mol. The fourth-order valence-corrected chi connectivity index (χ4v) is 1.59. The Labute approximate surface area is 116 Å². The standard InChI is InChI=1S/C14H14N4O2/c19-8-4-3-6-11-5-1-2-7-12(11)9-15-14(20)13-10-16-18-17-13/h1-2,5,7,10,19H,4,8-9H2,(H,15,20)(H,16,17,18). The number of rotatable bonds is 4. The van der Waals surface area contributed by atoms with E-state index in [1.54, 1.807) is 0 Å². The summed E-state index contributed by atoms with van der Waals surface area (Å²) in [6.07, 6.45) is 1.79. The lowest BCUT2D eigenvalue weighted by Crippen LogP contribution is -2.23. The van der Waals surface area contributed by atoms with Crippen LogP contribution in [0, 0.1) is 11.8 Å². The van der Waals surface area contributed by atoms with Crippen molar-refractivity contribution in [2.45, 2.75) is 13.0 Å². The number of aliphatic hydroxyl groups is 1. The molecule has 0 bridgehead atoms. The molecule has 1 heterocycles. The Morgan fingerprint density at radius 2 is 2.25 bits per heavy atom. The van der Waals surface area contributed by atoms with Gasteiger partial charge in [-0.25, -0.2) is 0 Å². The first kappa shape index (κ1) is 13.8. The molecule has 6 nitrogen and oxygen atoms in total. The van der Waals surface area contributed by atoms with Gasteiger partial charge < -0.3 is 10.4 Å². The van der Waals surface area contributed by atoms with Crippen LogP contribution in [-0.4, -0.2) is 33.0 Å². The van der Waals surface area contributed by atoms with Crippen LogP contribution in [0.2, 0.25) is 0 Å². The summed E-state index contributed by atoms with van der Waals surface area (Å²) < 4.78 is 0. The highest BCUT2D eigenvalue weighted by Crippen LogP contribution is 2.07. The molecule has 0 aliphatic rings. The summed E-state index contributed by atoms with van der Waals surface area (Å²) in [7, 11) is 0. The first-order valence-electron chi connectivity index (χ1n) is 6.13. The number of hydrogen-bond donors (Lipinski definition) is 3. The van der Waals surface area contributed by atoms with Crippen LogP contribution in [-0.2, 0) is 6.54 Å². The Bertz CT molecular complexity index is 626. The molecule has 1 aromatic carbocycles. The van der Waals surface area contributed by atoms with Gasteiger partial charge in [0.05, 0.1) is 12.8 Å². The lowest BCUT2D eigenvalue weighted by molar-refractivity contribution is 0.0946. The van der Waals surface area contributed by atoms with Crippen molar-refractivity contribution in [1.29, 1.82) is 0 Å². The average molecular weight is 270 g/mol. The summed E-state index contributed by atoms with van der Waals surface area (Å²) in [4.78, 5) is 11.7. The van der Waals surface area contributed by atoms with Crippen molar-refractivity contribution in [2.75, 3.05) is 6.61 Å². The average Bonchev–Trinajstić information content (AvgIpc) is 3.00. The molecule has 0 radical (unpaired) electrons. The van der Waals surface area contributed by atoms with Crippen LogP contribution < -0.4 is 5.32 Å². The molecule has 0 aliphatic heterocycles. The number of benzene rings is 1. The smallest absolute Gasteiger partial charge is 0.273 e. The van der Waals surface area contributed by atoms with Gasteiger partial charge >= 0.3 is 0 Å². The molecule has 0 aliphatic carbocycles. The maximum Gasteiger partial charge on any atom is 0.273 e. The number of carbonyl (C=O) groups excluding carboxylic acids is 1. The van der Waals surface area contributed by atoms with Gasteiger partial charge in [-0.2, -0.15) is 15.4 Å². The summed E-state index contributed by atoms with van der Waals surface area (Å²) in [6.45, 7) is 0.397. The van der Waals surface area contributed by atoms with Crippen molar-refractivity contribution < 1.29 is 9.90 Å². The van der Waals surface area contributed by atoms with Gasteiger partial charge in [-0.3, -0.25) is 4.79 Å². The van der Waals surface area contributed by atoms with Crippen molar-refractivity contribution in [1.82, 2.24) is 20.7 Å². The van der Waals surface area contributed by atoms with E-state index in [-0.39, 0.29) is 18.2 Å². The number of nitrogens with one attached hydrogen (secondary N) is 2. The third kappa shape index (κ3) is 3.67. The van der Waals surface area contributed by atoms with Crippen molar-refractivity contribution >= 4 is 5.91 Å². The Kier molecular flexibility index (Phi) is 4.87. The topological polar surface area (TPSA) is 90.9 Å². The molecule has 0 saturated carbocycles. The van der Waals surface area contributed by atoms with Gasteiger partial charge in [0.25, 0.3) is 5.91 Å². The lowest BCUT2D eigenvalue weighted by Gasteiger charge is -2.05. The second kappa shape index (κ2) is 7.07. The van der Waals surface area contributed by atoms with Crippen molar-refractivity contribution in [2.24, 2.45) is 0 Å². The fraction of sp³-hybridized carbons (Fsp3) is 0.214. The maximum atomic E-state index is 11.7. The Balaban J connectivity index is 2.03. The van der Waals surface area contributed by atoms with Gasteiger partial charge in [0.1, 0.15) is 0 Å². The van der Waals surface area contributed by atoms with Crippen LogP contribution in [0.3, 0.4) is 0 Å². The normalized spacial score (nSPS) is 9.65. The zero-order valence-corrected chi connectivity index (χ0v) is 10.8. The molecule has 0 fully saturated rings. The quantitative estimate of drug-likeness (QED) is 0.704. The molecule has 1 aromatic heterocycles. The molecule has 102 valence electrons. The van der Waals surface area contributed by atoms with Gasteiger partial charge in [-0.15, -0.1) is 0 Å². The summed E-state index contributed by atoms with van der Waals surface area (Å²) in [6, 6.07) is 7.54. The second-order valence-electron chi connectivity index (χ2n) is 3.97. The molecule has 0 spiro atoms. The zero-order valence-electron chi connectivity index (χ0n) is 10.8. The molecule has 0 atom stereocenters. The number of aliphatic hydroxyl groups excluding tert-OH is 1. The minimum Gasteiger partial charge on any atom is -0.395 e. The first-order chi connectivity index (χ1) is 9.81. The second-order valence-corrected chi connectivity index (χ2v) is 3.97. The molecular formula is C14H14N4O2. The number of carbonyl (C=O) groups is 1. The van der Waals surface area contributed by atoms with Crippen LogP contribution >= 0.6 is 0 Å². The minimum atomic E-state index is -0.295. The Morgan fingerprint density at radius 1 is 1.40 bits per heavy atom. The summed E-state index contributed by atoms with van der Waals surface area (Å²) >= 11 is 0. The fourth-order valence-electron chi connectivity index (χ4n) is 1.59. The monoisotopic (exact) mass is 270 g/mol. The van der Waals surface area contributed by atoms with Gasteiger partial charge in [0.2, 0.25) is 0 Å². The number of H-pyrrole nitrogens is 1. The predicted octanol–water partition coefficient (Wildman–Crippen LogP) is 0.469. The van der Waals surface area contributed by atoms with E-state index in [9.17, 15) is 4.79 Å². The van der Waals surface area contributed by atoms with Gasteiger partial charge in [-0.1, -0.05) is 30.0 Å². The summed E-state index contributed by atoms with van der Waals surface area (Å²) in [5.41, 5.74) is 1.99. The number of amides is 1. The number of aromatic nitrogens is 3. The van der Waals surface area contributed by atoms with Crippen LogP contribution in [0.1, 0.15) is 28.0 Å². The molecule has 0 saturated heterocycles. The molecule has 6 heteroatoms. The summed E-state index contributed by atoms with van der Waals surface area (Å²) in [5.74, 6) is 5.55. The van der Waals surface area contributed by atoms with E-state index in [2.05, 4.69) is 32.6 Å².